The molecule has 210 valence electrons. The normalized spacial score (nSPS) is 45.5. The van der Waals surface area contributed by atoms with Crippen molar-refractivity contribution < 1.29 is 0 Å². The predicted molar refractivity (Wildman–Crippen MR) is 130 cm³/mol. The van der Waals surface area contributed by atoms with Crippen molar-refractivity contribution in [1.29, 1.82) is 0 Å². The van der Waals surface area contributed by atoms with Crippen molar-refractivity contribution in [3.63, 3.8) is 0 Å². The van der Waals surface area contributed by atoms with Crippen molar-refractivity contribution in [3.05, 3.63) is 0 Å². The Bertz CT molecular complexity index is 601. The molecule has 0 amide bonds. The van der Waals surface area contributed by atoms with Gasteiger partial charge in [0, 0.05) is 39.3 Å². The lowest BCUT2D eigenvalue weighted by Gasteiger charge is -2.65. The van der Waals surface area contributed by atoms with E-state index >= 15 is 0 Å². The molecule has 4 saturated heterocycles. The molecular formula is C15H45N21. The van der Waals surface area contributed by atoms with Gasteiger partial charge in [0.05, 0.1) is 37.0 Å². The summed E-state index contributed by atoms with van der Waals surface area (Å²) in [6.07, 6.45) is -6.76. The smallest absolute Gasteiger partial charge is 0.146 e. The van der Waals surface area contributed by atoms with Crippen LogP contribution in [0.3, 0.4) is 0 Å². The quantitative estimate of drug-likeness (QED) is 0.154. The van der Waals surface area contributed by atoms with Crippen LogP contribution in [-0.2, 0) is 0 Å². The zero-order valence-corrected chi connectivity index (χ0v) is 20.4. The molecule has 24 N–H and O–H groups in total. The van der Waals surface area contributed by atoms with Crippen molar-refractivity contribution in [1.82, 2.24) is 45.1 Å². The summed E-state index contributed by atoms with van der Waals surface area (Å²) >= 11 is 0. The van der Waals surface area contributed by atoms with Gasteiger partial charge in [0.1, 0.15) is 18.9 Å². The molecule has 6 atom stereocenters. The van der Waals surface area contributed by atoms with Gasteiger partial charge in [0.2, 0.25) is 0 Å². The molecule has 0 radical (unpaired) electrons. The second-order valence-electron chi connectivity index (χ2n) is 9.79. The fourth-order valence-corrected chi connectivity index (χ4v) is 5.59. The van der Waals surface area contributed by atoms with E-state index in [1.165, 1.54) is 15.0 Å². The van der Waals surface area contributed by atoms with Crippen LogP contribution in [0.5, 0.6) is 0 Å². The van der Waals surface area contributed by atoms with E-state index in [1.807, 2.05) is 0 Å². The van der Waals surface area contributed by atoms with E-state index < -0.39 is 55.9 Å². The van der Waals surface area contributed by atoms with Gasteiger partial charge in [-0.05, 0) is 0 Å². The maximum atomic E-state index is 6.83. The highest BCUT2D eigenvalue weighted by Crippen LogP contribution is 2.30. The molecule has 0 aromatic carbocycles. The summed E-state index contributed by atoms with van der Waals surface area (Å²) < 4.78 is 0. The molecule has 0 aliphatic carbocycles. The van der Waals surface area contributed by atoms with Crippen LogP contribution >= 0.6 is 0 Å². The minimum Gasteiger partial charge on any atom is -0.314 e. The van der Waals surface area contributed by atoms with Crippen LogP contribution < -0.4 is 69.1 Å². The summed E-state index contributed by atoms with van der Waals surface area (Å²) in [5, 5.41) is 14.6. The molecule has 4 rings (SSSR count). The molecule has 0 spiro atoms. The van der Waals surface area contributed by atoms with E-state index in [-0.39, 0.29) is 0 Å². The fourth-order valence-electron chi connectivity index (χ4n) is 5.59. The highest BCUT2D eigenvalue weighted by molar-refractivity contribution is 4.93. The van der Waals surface area contributed by atoms with Crippen LogP contribution in [0.2, 0.25) is 0 Å². The number of nitrogens with two attached hydrogens (primary N) is 12. The lowest BCUT2D eigenvalue weighted by molar-refractivity contribution is -0.378. The molecule has 36 heavy (non-hydrogen) atoms. The first kappa shape index (κ1) is 28.2. The van der Waals surface area contributed by atoms with E-state index in [0.29, 0.717) is 39.3 Å². The first-order valence-corrected chi connectivity index (χ1v) is 11.8. The zero-order chi connectivity index (χ0) is 26.6. The highest BCUT2D eigenvalue weighted by atomic mass is 16.0. The number of nitrogens with zero attached hydrogens (tertiary/aromatic N) is 9. The molecule has 4 fully saturated rings. The minimum atomic E-state index is -0.975. The second-order valence-corrected chi connectivity index (χ2v) is 9.79. The Balaban J connectivity index is 1.76. The van der Waals surface area contributed by atoms with E-state index in [1.54, 1.807) is 30.1 Å². The van der Waals surface area contributed by atoms with Crippen molar-refractivity contribution >= 4 is 0 Å². The molecule has 0 bridgehead atoms. The van der Waals surface area contributed by atoms with E-state index in [9.17, 15) is 0 Å². The zero-order valence-electron chi connectivity index (χ0n) is 20.4. The van der Waals surface area contributed by atoms with E-state index in [2.05, 4.69) is 0 Å². The van der Waals surface area contributed by atoms with Gasteiger partial charge in [-0.2, -0.15) is 30.1 Å². The third kappa shape index (κ3) is 4.96. The third-order valence-corrected chi connectivity index (χ3v) is 6.99. The summed E-state index contributed by atoms with van der Waals surface area (Å²) in [4.78, 5) is 0. The number of hydrogen-bond donors (Lipinski definition) is 12. The van der Waals surface area contributed by atoms with Crippen molar-refractivity contribution in [2.75, 3.05) is 39.3 Å². The average Bonchev–Trinajstić information content (AvgIpc) is 2.73. The number of rotatable bonds is 3. The monoisotopic (exact) mass is 519 g/mol. The standard InChI is InChI=1S/C15H45N21/c16-7-1-28(25)2-8(17)31(7)34-13(22)35(32-9(18)3-29(26)4-10(32)19)15(24)36(14(34)23)33-11(20)5-30(27)6-12(33)21/h7-15H,1-6,16-27H2. The van der Waals surface area contributed by atoms with Crippen LogP contribution in [0.4, 0.5) is 0 Å². The molecular weight excluding hydrogens is 474 g/mol. The van der Waals surface area contributed by atoms with E-state index in [0.717, 1.165) is 0 Å². The molecule has 0 saturated carbocycles. The van der Waals surface area contributed by atoms with Gasteiger partial charge in [-0.25, -0.2) is 15.0 Å². The van der Waals surface area contributed by atoms with Gasteiger partial charge < -0.3 is 51.6 Å². The van der Waals surface area contributed by atoms with Crippen LogP contribution in [0.15, 0.2) is 0 Å². The molecule has 4 aliphatic rings. The number of hydrazine groups is 6. The van der Waals surface area contributed by atoms with Gasteiger partial charge in [0.15, 0.2) is 0 Å². The maximum Gasteiger partial charge on any atom is 0.146 e. The Labute approximate surface area is 210 Å². The van der Waals surface area contributed by atoms with Crippen LogP contribution in [-0.4, -0.2) is 140 Å². The predicted octanol–water partition coefficient (Wildman–Crippen LogP) is -10.4. The SMILES string of the molecule is NC1CN(N)CC(N)N1N1C(N)N(N2C(N)CN(N)CC2N)C(N)N(N2C(N)CN(N)CC2N)C1N. The Morgan fingerprint density at radius 2 is 0.472 bits per heavy atom. The maximum absolute atomic E-state index is 6.83. The minimum absolute atomic E-state index is 0.311. The molecule has 21 heteroatoms. The summed E-state index contributed by atoms with van der Waals surface area (Å²) in [5.41, 5.74) is 59.3. The Morgan fingerprint density at radius 1 is 0.306 bits per heavy atom. The van der Waals surface area contributed by atoms with Gasteiger partial charge in [-0.15, -0.1) is 0 Å². The van der Waals surface area contributed by atoms with Crippen molar-refractivity contribution in [3.8, 4) is 0 Å². The van der Waals surface area contributed by atoms with Crippen LogP contribution in [0.1, 0.15) is 0 Å². The Hall–Kier alpha value is -0.840. The number of piperazine rings is 3. The number of hydrogen-bond acceptors (Lipinski definition) is 21. The van der Waals surface area contributed by atoms with Crippen molar-refractivity contribution in [2.45, 2.75) is 55.9 Å². The highest BCUT2D eigenvalue weighted by Gasteiger charge is 2.55. The molecule has 0 aromatic rings. The van der Waals surface area contributed by atoms with Gasteiger partial charge >= 0.3 is 0 Å². The van der Waals surface area contributed by atoms with Gasteiger partial charge in [-0.1, -0.05) is 0 Å². The van der Waals surface area contributed by atoms with Crippen LogP contribution in [0.25, 0.3) is 0 Å². The molecule has 4 aliphatic heterocycles. The van der Waals surface area contributed by atoms with Crippen molar-refractivity contribution in [2.24, 2.45) is 69.1 Å². The average molecular weight is 520 g/mol. The molecule has 6 unspecified atom stereocenters. The second kappa shape index (κ2) is 10.7. The molecule has 0 aromatic heterocycles. The lowest BCUT2D eigenvalue weighted by Crippen LogP contribution is -2.91. The first-order chi connectivity index (χ1) is 16.8. The fraction of sp³-hybridized carbons (Fsp3) is 1.00. The van der Waals surface area contributed by atoms with E-state index in [4.69, 9.17) is 69.1 Å². The third-order valence-electron chi connectivity index (χ3n) is 6.99. The Morgan fingerprint density at radius 3 is 0.639 bits per heavy atom. The lowest BCUT2D eigenvalue weighted by atomic mass is 10.2. The summed E-state index contributed by atoms with van der Waals surface area (Å²) in [6.45, 7) is 1.87. The summed E-state index contributed by atoms with van der Waals surface area (Å²) in [5.74, 6) is 18.0. The van der Waals surface area contributed by atoms with Gasteiger partial charge in [-0.3, -0.25) is 17.5 Å². The summed E-state index contributed by atoms with van der Waals surface area (Å²) in [7, 11) is 0. The largest absolute Gasteiger partial charge is 0.314 e. The van der Waals surface area contributed by atoms with Gasteiger partial charge in [0.25, 0.3) is 0 Å². The van der Waals surface area contributed by atoms with Crippen LogP contribution in [0, 0.1) is 0 Å². The Kier molecular flexibility index (Phi) is 8.40. The summed E-state index contributed by atoms with van der Waals surface area (Å²) in [6, 6.07) is 0. The first-order valence-electron chi connectivity index (χ1n) is 11.8. The topological polar surface area (TPSA) is 341 Å². The molecule has 4 heterocycles. The molecule has 21 nitrogen and oxygen atoms in total.